The lowest BCUT2D eigenvalue weighted by molar-refractivity contribution is -0.125. The van der Waals surface area contributed by atoms with Crippen molar-refractivity contribution in [2.75, 3.05) is 0 Å². The van der Waals surface area contributed by atoms with E-state index in [1.54, 1.807) is 13.8 Å². The minimum atomic E-state index is -0.206. The van der Waals surface area contributed by atoms with Crippen LogP contribution >= 0.6 is 0 Å². The molecule has 0 radical (unpaired) electrons. The van der Waals surface area contributed by atoms with Crippen molar-refractivity contribution in [1.82, 2.24) is 5.32 Å². The summed E-state index contributed by atoms with van der Waals surface area (Å²) in [5.41, 5.74) is 5.60. The Kier molecular flexibility index (Phi) is 5.89. The molecule has 3 unspecified atom stereocenters. The summed E-state index contributed by atoms with van der Waals surface area (Å²) in [6.07, 6.45) is 1.12. The molecule has 0 aromatic carbocycles. The molecule has 0 bridgehead atoms. The number of carbonyl (C=O) groups is 1. The maximum absolute atomic E-state index is 11.5. The van der Waals surface area contributed by atoms with Gasteiger partial charge in [0.25, 0.3) is 0 Å². The fraction of sp³-hybridized carbons (Fsp3) is 0.800. The summed E-state index contributed by atoms with van der Waals surface area (Å²) in [6, 6.07) is 1.84. The molecule has 4 nitrogen and oxygen atoms in total. The smallest absolute Gasteiger partial charge is 0.224 e. The summed E-state index contributed by atoms with van der Waals surface area (Å²) >= 11 is 0. The van der Waals surface area contributed by atoms with Gasteiger partial charge in [0.1, 0.15) is 0 Å². The summed E-state index contributed by atoms with van der Waals surface area (Å²) in [6.45, 7) is 5.54. The van der Waals surface area contributed by atoms with Gasteiger partial charge in [-0.25, -0.2) is 0 Å². The van der Waals surface area contributed by atoms with Crippen molar-refractivity contribution < 1.29 is 4.79 Å². The van der Waals surface area contributed by atoms with E-state index in [1.165, 1.54) is 0 Å². The number of carbonyl (C=O) groups excluding carboxylic acids is 1. The van der Waals surface area contributed by atoms with Gasteiger partial charge in [-0.05, 0) is 13.3 Å². The molecule has 80 valence electrons. The average molecular weight is 197 g/mol. The van der Waals surface area contributed by atoms with Gasteiger partial charge in [-0.1, -0.05) is 13.8 Å². The molecule has 3 atom stereocenters. The minimum absolute atomic E-state index is 0.0475. The Morgan fingerprint density at radius 3 is 2.50 bits per heavy atom. The molecule has 0 saturated heterocycles. The van der Waals surface area contributed by atoms with Gasteiger partial charge in [0.15, 0.2) is 0 Å². The first-order chi connectivity index (χ1) is 6.52. The topological polar surface area (TPSA) is 78.9 Å². The summed E-state index contributed by atoms with van der Waals surface area (Å²) in [5, 5.41) is 11.3. The van der Waals surface area contributed by atoms with E-state index in [2.05, 4.69) is 5.32 Å². The molecule has 1 amide bonds. The highest BCUT2D eigenvalue weighted by molar-refractivity contribution is 5.79. The Balaban J connectivity index is 4.09. The van der Waals surface area contributed by atoms with Crippen LogP contribution in [0, 0.1) is 17.2 Å². The highest BCUT2D eigenvalue weighted by Crippen LogP contribution is 2.03. The van der Waals surface area contributed by atoms with Gasteiger partial charge < -0.3 is 11.1 Å². The number of nitrogens with zero attached hydrogens (tertiary/aromatic N) is 1. The van der Waals surface area contributed by atoms with Crippen LogP contribution in [0.2, 0.25) is 0 Å². The first kappa shape index (κ1) is 12.9. The summed E-state index contributed by atoms with van der Waals surface area (Å²) in [7, 11) is 0. The number of hydrogen-bond acceptors (Lipinski definition) is 3. The summed E-state index contributed by atoms with van der Waals surface area (Å²) < 4.78 is 0. The number of amides is 1. The highest BCUT2D eigenvalue weighted by atomic mass is 16.1. The molecule has 0 aromatic heterocycles. The lowest BCUT2D eigenvalue weighted by Crippen LogP contribution is -2.43. The van der Waals surface area contributed by atoms with Crippen molar-refractivity contribution in [1.29, 1.82) is 5.26 Å². The van der Waals surface area contributed by atoms with E-state index in [0.29, 0.717) is 6.42 Å². The quantitative estimate of drug-likeness (QED) is 0.683. The van der Waals surface area contributed by atoms with Crippen molar-refractivity contribution in [2.24, 2.45) is 11.7 Å². The van der Waals surface area contributed by atoms with Crippen molar-refractivity contribution >= 4 is 5.91 Å². The van der Waals surface area contributed by atoms with Gasteiger partial charge >= 0.3 is 0 Å². The summed E-state index contributed by atoms with van der Waals surface area (Å²) in [5.74, 6) is -0.273. The Labute approximate surface area is 85.5 Å². The number of rotatable bonds is 5. The Morgan fingerprint density at radius 2 is 2.14 bits per heavy atom. The largest absolute Gasteiger partial charge is 0.352 e. The van der Waals surface area contributed by atoms with E-state index in [9.17, 15) is 4.79 Å². The standard InChI is InChI=1S/C10H19N3O/c1-4-9(5-6-11)13-10(14)7(2)8(3)12/h7-9H,4-5,12H2,1-3H3,(H,13,14). The molecule has 0 aromatic rings. The molecular formula is C10H19N3O. The van der Waals surface area contributed by atoms with E-state index < -0.39 is 0 Å². The lowest BCUT2D eigenvalue weighted by atomic mass is 10.0. The van der Waals surface area contributed by atoms with Gasteiger partial charge in [0.05, 0.1) is 12.5 Å². The lowest BCUT2D eigenvalue weighted by Gasteiger charge is -2.19. The fourth-order valence-electron chi connectivity index (χ4n) is 0.979. The van der Waals surface area contributed by atoms with Crippen molar-refractivity contribution in [3.63, 3.8) is 0 Å². The van der Waals surface area contributed by atoms with Crippen LogP contribution in [0.25, 0.3) is 0 Å². The Hall–Kier alpha value is -1.08. The van der Waals surface area contributed by atoms with Crippen LogP contribution in [-0.4, -0.2) is 18.0 Å². The second-order valence-electron chi connectivity index (χ2n) is 3.62. The third-order valence-electron chi connectivity index (χ3n) is 2.38. The Bertz CT molecular complexity index is 220. The van der Waals surface area contributed by atoms with Gasteiger partial charge in [0.2, 0.25) is 5.91 Å². The van der Waals surface area contributed by atoms with Gasteiger partial charge in [-0.2, -0.15) is 5.26 Å². The normalized spacial score (nSPS) is 16.5. The molecule has 0 aliphatic carbocycles. The summed E-state index contributed by atoms with van der Waals surface area (Å²) in [4.78, 5) is 11.5. The van der Waals surface area contributed by atoms with Gasteiger partial charge in [-0.3, -0.25) is 4.79 Å². The average Bonchev–Trinajstić information content (AvgIpc) is 2.15. The van der Waals surface area contributed by atoms with Crippen LogP contribution in [0.4, 0.5) is 0 Å². The molecule has 0 rings (SSSR count). The third-order valence-corrected chi connectivity index (χ3v) is 2.38. The van der Waals surface area contributed by atoms with E-state index >= 15 is 0 Å². The van der Waals surface area contributed by atoms with E-state index in [-0.39, 0.29) is 23.9 Å². The molecule has 0 aliphatic heterocycles. The monoisotopic (exact) mass is 197 g/mol. The highest BCUT2D eigenvalue weighted by Gasteiger charge is 2.19. The van der Waals surface area contributed by atoms with E-state index in [0.717, 1.165) is 6.42 Å². The van der Waals surface area contributed by atoms with E-state index in [4.69, 9.17) is 11.0 Å². The van der Waals surface area contributed by atoms with Gasteiger partial charge in [-0.15, -0.1) is 0 Å². The Morgan fingerprint density at radius 1 is 1.57 bits per heavy atom. The second-order valence-corrected chi connectivity index (χ2v) is 3.62. The van der Waals surface area contributed by atoms with Crippen LogP contribution in [0.3, 0.4) is 0 Å². The third kappa shape index (κ3) is 4.24. The maximum Gasteiger partial charge on any atom is 0.224 e. The van der Waals surface area contributed by atoms with Crippen molar-refractivity contribution in [2.45, 2.75) is 45.7 Å². The van der Waals surface area contributed by atoms with Crippen LogP contribution in [0.1, 0.15) is 33.6 Å². The first-order valence-corrected chi connectivity index (χ1v) is 4.95. The molecule has 0 heterocycles. The number of hydrogen-bond donors (Lipinski definition) is 2. The zero-order valence-electron chi connectivity index (χ0n) is 9.08. The SMILES string of the molecule is CCC(CC#N)NC(=O)C(C)C(C)N. The van der Waals surface area contributed by atoms with E-state index in [1.807, 2.05) is 13.0 Å². The zero-order chi connectivity index (χ0) is 11.1. The van der Waals surface area contributed by atoms with Crippen LogP contribution in [-0.2, 0) is 4.79 Å². The number of nitrogens with two attached hydrogens (primary N) is 1. The molecule has 14 heavy (non-hydrogen) atoms. The predicted molar refractivity (Wildman–Crippen MR) is 55.3 cm³/mol. The number of nitriles is 1. The molecular weight excluding hydrogens is 178 g/mol. The minimum Gasteiger partial charge on any atom is -0.352 e. The van der Waals surface area contributed by atoms with Crippen molar-refractivity contribution in [3.8, 4) is 6.07 Å². The number of nitrogens with one attached hydrogen (secondary N) is 1. The van der Waals surface area contributed by atoms with Crippen molar-refractivity contribution in [3.05, 3.63) is 0 Å². The van der Waals surface area contributed by atoms with Crippen LogP contribution in [0.15, 0.2) is 0 Å². The zero-order valence-corrected chi connectivity index (χ0v) is 9.08. The fourth-order valence-corrected chi connectivity index (χ4v) is 0.979. The molecule has 4 heteroatoms. The predicted octanol–water partition coefficient (Wildman–Crippen LogP) is 0.778. The van der Waals surface area contributed by atoms with Crippen LogP contribution < -0.4 is 11.1 Å². The molecule has 0 fully saturated rings. The maximum atomic E-state index is 11.5. The molecule has 3 N–H and O–H groups in total. The van der Waals surface area contributed by atoms with Gasteiger partial charge in [0, 0.05) is 18.0 Å². The molecule has 0 aliphatic rings. The molecule has 0 spiro atoms. The van der Waals surface area contributed by atoms with Crippen LogP contribution in [0.5, 0.6) is 0 Å². The second kappa shape index (κ2) is 6.39. The molecule has 0 saturated carbocycles. The first-order valence-electron chi connectivity index (χ1n) is 4.95.